The average Bonchev–Trinajstić information content (AvgIpc) is 2.31. The molecule has 2 rings (SSSR count). The van der Waals surface area contributed by atoms with Crippen molar-refractivity contribution in [3.63, 3.8) is 0 Å². The molecule has 0 aliphatic carbocycles. The van der Waals surface area contributed by atoms with Gasteiger partial charge in [0, 0.05) is 11.1 Å². The summed E-state index contributed by atoms with van der Waals surface area (Å²) < 4.78 is 0. The molecule has 1 heterocycles. The SMILES string of the molecule is O=C(Nc1cccc[nH+]1)c1ccc(Cl)cc1. The average molecular weight is 234 g/mol. The van der Waals surface area contributed by atoms with Gasteiger partial charge in [0.15, 0.2) is 0 Å². The molecule has 80 valence electrons. The molecule has 0 radical (unpaired) electrons. The lowest BCUT2D eigenvalue weighted by molar-refractivity contribution is -0.360. The predicted octanol–water partition coefficient (Wildman–Crippen LogP) is 2.41. The third-order valence-corrected chi connectivity index (χ3v) is 2.32. The zero-order valence-corrected chi connectivity index (χ0v) is 9.16. The molecule has 1 aromatic heterocycles. The van der Waals surface area contributed by atoms with E-state index in [0.717, 1.165) is 0 Å². The van der Waals surface area contributed by atoms with Crippen LogP contribution in [0.3, 0.4) is 0 Å². The summed E-state index contributed by atoms with van der Waals surface area (Å²) in [6, 6.07) is 12.2. The van der Waals surface area contributed by atoms with Crippen molar-refractivity contribution in [3.05, 3.63) is 59.2 Å². The lowest BCUT2D eigenvalue weighted by atomic mass is 10.2. The number of pyridine rings is 1. The number of halogens is 1. The standard InChI is InChI=1S/C12H9ClN2O/c13-10-6-4-9(5-7-10)12(16)15-11-3-1-2-8-14-11/h1-8H,(H,14,15,16)/p+1. The molecule has 0 bridgehead atoms. The zero-order valence-electron chi connectivity index (χ0n) is 8.41. The van der Waals surface area contributed by atoms with Crippen LogP contribution >= 0.6 is 11.6 Å². The number of benzene rings is 1. The summed E-state index contributed by atoms with van der Waals surface area (Å²) in [5.74, 6) is 0.488. The maximum atomic E-state index is 11.8. The fourth-order valence-electron chi connectivity index (χ4n) is 1.27. The van der Waals surface area contributed by atoms with Crippen LogP contribution in [0, 0.1) is 0 Å². The number of hydrogen-bond acceptors (Lipinski definition) is 1. The molecule has 1 amide bonds. The van der Waals surface area contributed by atoms with E-state index >= 15 is 0 Å². The minimum absolute atomic E-state index is 0.167. The molecule has 0 atom stereocenters. The lowest BCUT2D eigenvalue weighted by Gasteiger charge is -1.97. The number of H-pyrrole nitrogens is 1. The van der Waals surface area contributed by atoms with Crippen LogP contribution in [0.5, 0.6) is 0 Å². The molecule has 0 aliphatic heterocycles. The number of carbonyl (C=O) groups is 1. The van der Waals surface area contributed by atoms with E-state index in [0.29, 0.717) is 16.4 Å². The second-order valence-corrected chi connectivity index (χ2v) is 3.67. The van der Waals surface area contributed by atoms with Gasteiger partial charge in [0.05, 0.1) is 11.8 Å². The summed E-state index contributed by atoms with van der Waals surface area (Å²) >= 11 is 5.74. The Hall–Kier alpha value is -1.87. The van der Waals surface area contributed by atoms with Crippen molar-refractivity contribution in [2.75, 3.05) is 5.32 Å². The van der Waals surface area contributed by atoms with Crippen LogP contribution in [0.1, 0.15) is 10.4 Å². The first-order valence-corrected chi connectivity index (χ1v) is 5.17. The molecule has 3 nitrogen and oxygen atoms in total. The molecule has 0 spiro atoms. The smallest absolute Gasteiger partial charge is 0.247 e. The van der Waals surface area contributed by atoms with E-state index in [2.05, 4.69) is 10.3 Å². The van der Waals surface area contributed by atoms with Crippen LogP contribution in [0.4, 0.5) is 5.82 Å². The maximum Gasteiger partial charge on any atom is 0.339 e. The lowest BCUT2D eigenvalue weighted by Crippen LogP contribution is -2.18. The molecule has 0 unspecified atom stereocenters. The van der Waals surface area contributed by atoms with Crippen molar-refractivity contribution in [1.82, 2.24) is 0 Å². The Morgan fingerprint density at radius 1 is 1.12 bits per heavy atom. The van der Waals surface area contributed by atoms with Crippen LogP contribution in [-0.2, 0) is 0 Å². The van der Waals surface area contributed by atoms with Crippen molar-refractivity contribution < 1.29 is 9.78 Å². The number of amides is 1. The minimum Gasteiger partial charge on any atom is -0.247 e. The number of aromatic nitrogens is 1. The minimum atomic E-state index is -0.167. The fourth-order valence-corrected chi connectivity index (χ4v) is 1.39. The van der Waals surface area contributed by atoms with Crippen LogP contribution in [0.2, 0.25) is 5.02 Å². The van der Waals surface area contributed by atoms with E-state index in [1.54, 1.807) is 36.5 Å². The van der Waals surface area contributed by atoms with Gasteiger partial charge >= 0.3 is 5.91 Å². The normalized spacial score (nSPS) is 9.81. The van der Waals surface area contributed by atoms with Gasteiger partial charge in [-0.2, -0.15) is 0 Å². The molecule has 1 aromatic carbocycles. The summed E-state index contributed by atoms with van der Waals surface area (Å²) in [4.78, 5) is 14.7. The first-order chi connectivity index (χ1) is 7.75. The Balaban J connectivity index is 2.12. The van der Waals surface area contributed by atoms with Gasteiger partial charge in [0.25, 0.3) is 5.82 Å². The third kappa shape index (κ3) is 2.58. The predicted molar refractivity (Wildman–Crippen MR) is 62.4 cm³/mol. The zero-order chi connectivity index (χ0) is 11.4. The first kappa shape index (κ1) is 10.6. The molecular formula is C12H10ClN2O+. The second-order valence-electron chi connectivity index (χ2n) is 3.24. The molecule has 0 saturated heterocycles. The molecular weight excluding hydrogens is 224 g/mol. The molecule has 4 heteroatoms. The van der Waals surface area contributed by atoms with Gasteiger partial charge in [-0.15, -0.1) is 0 Å². The van der Waals surface area contributed by atoms with Gasteiger partial charge in [-0.25, -0.2) is 15.1 Å². The van der Waals surface area contributed by atoms with Crippen molar-refractivity contribution in [2.24, 2.45) is 0 Å². The highest BCUT2D eigenvalue weighted by Gasteiger charge is 2.11. The monoisotopic (exact) mass is 233 g/mol. The van der Waals surface area contributed by atoms with E-state index in [1.807, 2.05) is 12.1 Å². The van der Waals surface area contributed by atoms with Crippen LogP contribution in [-0.4, -0.2) is 5.91 Å². The number of aromatic amines is 1. The summed E-state index contributed by atoms with van der Waals surface area (Å²) in [5, 5.41) is 3.35. The highest BCUT2D eigenvalue weighted by atomic mass is 35.5. The Labute approximate surface area is 98.1 Å². The van der Waals surface area contributed by atoms with Gasteiger partial charge in [-0.3, -0.25) is 0 Å². The van der Waals surface area contributed by atoms with Crippen LogP contribution in [0.25, 0.3) is 0 Å². The topological polar surface area (TPSA) is 43.2 Å². The van der Waals surface area contributed by atoms with Gasteiger partial charge in [0.2, 0.25) is 0 Å². The summed E-state index contributed by atoms with van der Waals surface area (Å²) in [5.41, 5.74) is 0.571. The first-order valence-electron chi connectivity index (χ1n) is 4.79. The van der Waals surface area contributed by atoms with E-state index in [9.17, 15) is 4.79 Å². The number of rotatable bonds is 2. The molecule has 2 N–H and O–H groups in total. The molecule has 0 saturated carbocycles. The molecule has 0 aliphatic rings. The van der Waals surface area contributed by atoms with Crippen LogP contribution < -0.4 is 10.3 Å². The Kier molecular flexibility index (Phi) is 3.17. The van der Waals surface area contributed by atoms with Crippen molar-refractivity contribution in [2.45, 2.75) is 0 Å². The van der Waals surface area contributed by atoms with E-state index in [-0.39, 0.29) is 5.91 Å². The summed E-state index contributed by atoms with van der Waals surface area (Å²) in [6.45, 7) is 0. The van der Waals surface area contributed by atoms with Gasteiger partial charge in [0.1, 0.15) is 0 Å². The highest BCUT2D eigenvalue weighted by Crippen LogP contribution is 2.10. The van der Waals surface area contributed by atoms with Gasteiger partial charge < -0.3 is 0 Å². The largest absolute Gasteiger partial charge is 0.339 e. The van der Waals surface area contributed by atoms with Crippen LogP contribution in [0.15, 0.2) is 48.7 Å². The quantitative estimate of drug-likeness (QED) is 0.851. The van der Waals surface area contributed by atoms with Crippen molar-refractivity contribution in [3.8, 4) is 0 Å². The Bertz CT molecular complexity index is 482. The van der Waals surface area contributed by atoms with E-state index in [1.165, 1.54) is 0 Å². The fraction of sp³-hybridized carbons (Fsp3) is 0. The Morgan fingerprint density at radius 2 is 1.88 bits per heavy atom. The highest BCUT2D eigenvalue weighted by molar-refractivity contribution is 6.30. The molecule has 16 heavy (non-hydrogen) atoms. The van der Waals surface area contributed by atoms with E-state index in [4.69, 9.17) is 11.6 Å². The summed E-state index contributed by atoms with van der Waals surface area (Å²) in [6.07, 6.45) is 1.75. The number of hydrogen-bond donors (Lipinski definition) is 1. The van der Waals surface area contributed by atoms with Gasteiger partial charge in [-0.05, 0) is 30.3 Å². The second kappa shape index (κ2) is 4.77. The van der Waals surface area contributed by atoms with Gasteiger partial charge in [-0.1, -0.05) is 17.7 Å². The third-order valence-electron chi connectivity index (χ3n) is 2.06. The maximum absolute atomic E-state index is 11.8. The molecule has 2 aromatic rings. The number of carbonyl (C=O) groups excluding carboxylic acids is 1. The number of anilines is 1. The number of nitrogens with one attached hydrogen (secondary N) is 2. The van der Waals surface area contributed by atoms with E-state index < -0.39 is 0 Å². The molecule has 0 fully saturated rings. The Morgan fingerprint density at radius 3 is 2.50 bits per heavy atom. The van der Waals surface area contributed by atoms with Crippen molar-refractivity contribution >= 4 is 23.3 Å². The van der Waals surface area contributed by atoms with Crippen molar-refractivity contribution in [1.29, 1.82) is 0 Å². The summed E-state index contributed by atoms with van der Waals surface area (Å²) in [7, 11) is 0.